The topological polar surface area (TPSA) is 48.0 Å². The van der Waals surface area contributed by atoms with Gasteiger partial charge in [-0.3, -0.25) is 0 Å². The summed E-state index contributed by atoms with van der Waals surface area (Å²) in [5, 5.41) is 0. The number of carbonyl (C=O) groups is 1. The van der Waals surface area contributed by atoms with Gasteiger partial charge in [-0.15, -0.1) is 0 Å². The first kappa shape index (κ1) is 18.2. The number of hydrogen-bond acceptors (Lipinski definition) is 4. The monoisotopic (exact) mass is 347 g/mol. The van der Waals surface area contributed by atoms with Crippen LogP contribution >= 0.6 is 0 Å². The van der Waals surface area contributed by atoms with Gasteiger partial charge in [0.15, 0.2) is 0 Å². The van der Waals surface area contributed by atoms with Crippen LogP contribution in [0.15, 0.2) is 30.3 Å². The zero-order valence-corrected chi connectivity index (χ0v) is 15.5. The number of amides is 1. The van der Waals surface area contributed by atoms with E-state index < -0.39 is 5.60 Å². The Bertz CT molecular complexity index is 575. The molecule has 2 aliphatic rings. The fraction of sp³-hybridized carbons (Fsp3) is 0.650. The highest BCUT2D eigenvalue weighted by molar-refractivity contribution is 5.68. The summed E-state index contributed by atoms with van der Waals surface area (Å²) in [5.41, 5.74) is 0.682. The van der Waals surface area contributed by atoms with Crippen LogP contribution in [0.1, 0.15) is 39.2 Å². The van der Waals surface area contributed by atoms with Gasteiger partial charge in [0.1, 0.15) is 5.60 Å². The van der Waals surface area contributed by atoms with Gasteiger partial charge in [-0.05, 0) is 39.2 Å². The zero-order chi connectivity index (χ0) is 17.9. The minimum absolute atomic E-state index is 0.0211. The van der Waals surface area contributed by atoms with Crippen molar-refractivity contribution in [3.05, 3.63) is 35.9 Å². The predicted molar refractivity (Wildman–Crippen MR) is 95.3 cm³/mol. The van der Waals surface area contributed by atoms with E-state index in [4.69, 9.17) is 14.2 Å². The van der Waals surface area contributed by atoms with Gasteiger partial charge in [-0.25, -0.2) is 4.79 Å². The van der Waals surface area contributed by atoms with Crippen LogP contribution in [0.5, 0.6) is 0 Å². The van der Waals surface area contributed by atoms with Crippen molar-refractivity contribution in [2.45, 2.75) is 51.9 Å². The van der Waals surface area contributed by atoms with Gasteiger partial charge in [-0.2, -0.15) is 0 Å². The Morgan fingerprint density at radius 2 is 2.04 bits per heavy atom. The molecule has 0 bridgehead atoms. The van der Waals surface area contributed by atoms with Gasteiger partial charge in [0.05, 0.1) is 25.9 Å². The molecule has 1 aromatic carbocycles. The summed E-state index contributed by atoms with van der Waals surface area (Å²) >= 11 is 0. The number of piperidine rings is 1. The molecule has 1 aromatic rings. The fourth-order valence-corrected chi connectivity index (χ4v) is 3.57. The quantitative estimate of drug-likeness (QED) is 0.838. The lowest BCUT2D eigenvalue weighted by molar-refractivity contribution is -0.0987. The zero-order valence-electron chi connectivity index (χ0n) is 15.5. The molecule has 3 rings (SSSR count). The van der Waals surface area contributed by atoms with Gasteiger partial charge in [-0.1, -0.05) is 30.3 Å². The summed E-state index contributed by atoms with van der Waals surface area (Å²) in [6.07, 6.45) is 1.60. The minimum Gasteiger partial charge on any atom is -0.444 e. The van der Waals surface area contributed by atoms with Gasteiger partial charge >= 0.3 is 6.09 Å². The number of nitrogens with zero attached hydrogens (tertiary/aromatic N) is 1. The highest BCUT2D eigenvalue weighted by Crippen LogP contribution is 2.41. The highest BCUT2D eigenvalue weighted by Gasteiger charge is 2.48. The van der Waals surface area contributed by atoms with E-state index in [1.165, 1.54) is 0 Å². The van der Waals surface area contributed by atoms with Crippen LogP contribution < -0.4 is 0 Å². The third-order valence-electron chi connectivity index (χ3n) is 5.03. The third kappa shape index (κ3) is 4.53. The predicted octanol–water partition coefficient (Wildman–Crippen LogP) is 3.62. The molecule has 1 spiro atoms. The average Bonchev–Trinajstić information content (AvgIpc) is 3.03. The molecule has 2 atom stereocenters. The molecule has 2 heterocycles. The Balaban J connectivity index is 1.67. The number of rotatable bonds is 3. The molecular formula is C20H29NO4. The Labute approximate surface area is 150 Å². The van der Waals surface area contributed by atoms with E-state index in [-0.39, 0.29) is 17.6 Å². The van der Waals surface area contributed by atoms with Crippen molar-refractivity contribution < 1.29 is 19.0 Å². The Kier molecular flexibility index (Phi) is 5.35. The standard InChI is InChI=1S/C20H29NO4/c1-19(2,3)25-18(22)21-11-9-20(10-12-23-15-20)17(13-21)24-14-16-7-5-4-6-8-16/h4-8,17H,9-15H2,1-3H3/t17-,20-/m1/s1. The van der Waals surface area contributed by atoms with Gasteiger partial charge < -0.3 is 19.1 Å². The van der Waals surface area contributed by atoms with Crippen LogP contribution in [0.3, 0.4) is 0 Å². The van der Waals surface area contributed by atoms with Crippen molar-refractivity contribution in [2.24, 2.45) is 5.41 Å². The lowest BCUT2D eigenvalue weighted by Gasteiger charge is -2.44. The first-order valence-electron chi connectivity index (χ1n) is 9.09. The van der Waals surface area contributed by atoms with E-state index in [0.717, 1.165) is 25.0 Å². The molecule has 0 unspecified atom stereocenters. The smallest absolute Gasteiger partial charge is 0.410 e. The summed E-state index contributed by atoms with van der Waals surface area (Å²) < 4.78 is 17.5. The first-order chi connectivity index (χ1) is 11.9. The summed E-state index contributed by atoms with van der Waals surface area (Å²) in [7, 11) is 0. The summed E-state index contributed by atoms with van der Waals surface area (Å²) in [5.74, 6) is 0. The van der Waals surface area contributed by atoms with Crippen molar-refractivity contribution >= 4 is 6.09 Å². The van der Waals surface area contributed by atoms with E-state index in [9.17, 15) is 4.79 Å². The van der Waals surface area contributed by atoms with Gasteiger partial charge in [0, 0.05) is 18.6 Å². The molecule has 0 aliphatic carbocycles. The number of benzene rings is 1. The number of hydrogen-bond donors (Lipinski definition) is 0. The summed E-state index contributed by atoms with van der Waals surface area (Å²) in [6.45, 7) is 8.98. The second kappa shape index (κ2) is 7.34. The number of likely N-dealkylation sites (tertiary alicyclic amines) is 1. The maximum absolute atomic E-state index is 12.5. The first-order valence-corrected chi connectivity index (χ1v) is 9.09. The Morgan fingerprint density at radius 3 is 2.68 bits per heavy atom. The molecule has 0 radical (unpaired) electrons. The SMILES string of the molecule is CC(C)(C)OC(=O)N1CC[C@]2(CCOC2)[C@H](OCc2ccccc2)C1. The molecule has 5 nitrogen and oxygen atoms in total. The van der Waals surface area contributed by atoms with Gasteiger partial charge in [0.2, 0.25) is 0 Å². The number of carbonyl (C=O) groups excluding carboxylic acids is 1. The van der Waals surface area contributed by atoms with E-state index in [2.05, 4.69) is 12.1 Å². The van der Waals surface area contributed by atoms with Crippen molar-refractivity contribution in [1.82, 2.24) is 4.90 Å². The second-order valence-electron chi connectivity index (χ2n) is 8.13. The maximum atomic E-state index is 12.5. The van der Waals surface area contributed by atoms with Gasteiger partial charge in [0.25, 0.3) is 0 Å². The third-order valence-corrected chi connectivity index (χ3v) is 5.03. The van der Waals surface area contributed by atoms with Crippen LogP contribution in [0, 0.1) is 5.41 Å². The van der Waals surface area contributed by atoms with Crippen LogP contribution in [0.4, 0.5) is 4.79 Å². The largest absolute Gasteiger partial charge is 0.444 e. The maximum Gasteiger partial charge on any atom is 0.410 e. The molecule has 25 heavy (non-hydrogen) atoms. The van der Waals surface area contributed by atoms with Crippen molar-refractivity contribution in [1.29, 1.82) is 0 Å². The van der Waals surface area contributed by atoms with E-state index in [0.29, 0.717) is 26.3 Å². The molecule has 5 heteroatoms. The molecule has 2 aliphatic heterocycles. The fourth-order valence-electron chi connectivity index (χ4n) is 3.57. The molecule has 138 valence electrons. The lowest BCUT2D eigenvalue weighted by atomic mass is 9.75. The highest BCUT2D eigenvalue weighted by atomic mass is 16.6. The van der Waals surface area contributed by atoms with Crippen LogP contribution in [-0.4, -0.2) is 49.0 Å². The van der Waals surface area contributed by atoms with Crippen LogP contribution in [0.25, 0.3) is 0 Å². The molecule has 1 amide bonds. The Hall–Kier alpha value is -1.59. The molecular weight excluding hydrogens is 318 g/mol. The van der Waals surface area contributed by atoms with E-state index in [1.54, 1.807) is 4.90 Å². The van der Waals surface area contributed by atoms with Crippen LogP contribution in [-0.2, 0) is 20.8 Å². The molecule has 0 aromatic heterocycles. The molecule has 2 fully saturated rings. The second-order valence-corrected chi connectivity index (χ2v) is 8.13. The van der Waals surface area contributed by atoms with Crippen molar-refractivity contribution in [2.75, 3.05) is 26.3 Å². The van der Waals surface area contributed by atoms with E-state index in [1.807, 2.05) is 39.0 Å². The van der Waals surface area contributed by atoms with Crippen molar-refractivity contribution in [3.8, 4) is 0 Å². The average molecular weight is 347 g/mol. The molecule has 0 saturated carbocycles. The van der Waals surface area contributed by atoms with Crippen molar-refractivity contribution in [3.63, 3.8) is 0 Å². The lowest BCUT2D eigenvalue weighted by Crippen LogP contribution is -2.54. The molecule has 0 N–H and O–H groups in total. The summed E-state index contributed by atoms with van der Waals surface area (Å²) in [6, 6.07) is 10.2. The van der Waals surface area contributed by atoms with E-state index >= 15 is 0 Å². The summed E-state index contributed by atoms with van der Waals surface area (Å²) in [4.78, 5) is 14.2. The Morgan fingerprint density at radius 1 is 1.28 bits per heavy atom. The van der Waals surface area contributed by atoms with Crippen LogP contribution in [0.2, 0.25) is 0 Å². The number of ether oxygens (including phenoxy) is 3. The normalized spacial score (nSPS) is 26.8. The molecule has 2 saturated heterocycles. The minimum atomic E-state index is -0.483.